The summed E-state index contributed by atoms with van der Waals surface area (Å²) >= 11 is 0. The van der Waals surface area contributed by atoms with Gasteiger partial charge < -0.3 is 24.7 Å². The average Bonchev–Trinajstić information content (AvgIpc) is 3.29. The SMILES string of the molecule is C#CC(=O)N1CCN(c2ccc(-c3cc(OC[C@@H](O)CO)cn4ncc(C#N)c34)cn2)CC1. The molecule has 4 rings (SSSR count). The van der Waals surface area contributed by atoms with Crippen LogP contribution in [0.15, 0.2) is 36.8 Å². The molecule has 10 heteroatoms. The summed E-state index contributed by atoms with van der Waals surface area (Å²) in [6.45, 7) is 1.83. The Labute approximate surface area is 190 Å². The number of carbonyl (C=O) groups excluding carboxylic acids is 1. The summed E-state index contributed by atoms with van der Waals surface area (Å²) < 4.78 is 7.15. The Balaban J connectivity index is 1.60. The van der Waals surface area contributed by atoms with E-state index in [-0.39, 0.29) is 12.5 Å². The molecule has 1 atom stereocenters. The summed E-state index contributed by atoms with van der Waals surface area (Å²) in [6.07, 6.45) is 8.99. The summed E-state index contributed by atoms with van der Waals surface area (Å²) in [7, 11) is 0. The monoisotopic (exact) mass is 446 g/mol. The third-order valence-corrected chi connectivity index (χ3v) is 5.43. The zero-order chi connectivity index (χ0) is 23.4. The minimum Gasteiger partial charge on any atom is -0.489 e. The van der Waals surface area contributed by atoms with Crippen molar-refractivity contribution in [3.63, 3.8) is 0 Å². The van der Waals surface area contributed by atoms with Gasteiger partial charge in [0.05, 0.1) is 30.1 Å². The lowest BCUT2D eigenvalue weighted by molar-refractivity contribution is -0.125. The fourth-order valence-corrected chi connectivity index (χ4v) is 3.69. The van der Waals surface area contributed by atoms with Gasteiger partial charge in [-0.3, -0.25) is 4.79 Å². The van der Waals surface area contributed by atoms with E-state index in [4.69, 9.17) is 16.3 Å². The molecule has 4 heterocycles. The second-order valence-electron chi connectivity index (χ2n) is 7.53. The van der Waals surface area contributed by atoms with Gasteiger partial charge in [-0.2, -0.15) is 10.4 Å². The molecule has 1 aliphatic rings. The van der Waals surface area contributed by atoms with Crippen molar-refractivity contribution >= 4 is 17.2 Å². The molecule has 2 N–H and O–H groups in total. The molecule has 168 valence electrons. The molecular weight excluding hydrogens is 424 g/mol. The highest BCUT2D eigenvalue weighted by molar-refractivity contribution is 5.93. The van der Waals surface area contributed by atoms with Gasteiger partial charge >= 0.3 is 0 Å². The highest BCUT2D eigenvalue weighted by Gasteiger charge is 2.21. The molecule has 1 aliphatic heterocycles. The number of terminal acetylenes is 1. The number of hydrogen-bond donors (Lipinski definition) is 2. The third kappa shape index (κ3) is 4.58. The zero-order valence-electron chi connectivity index (χ0n) is 17.8. The molecule has 1 amide bonds. The fraction of sp³-hybridized carbons (Fsp3) is 0.304. The number of aliphatic hydroxyl groups excluding tert-OH is 2. The highest BCUT2D eigenvalue weighted by Crippen LogP contribution is 2.31. The number of anilines is 1. The maximum absolute atomic E-state index is 11.7. The van der Waals surface area contributed by atoms with Gasteiger partial charge in [-0.05, 0) is 24.1 Å². The minimum absolute atomic E-state index is 0.0842. The Morgan fingerprint density at radius 3 is 2.70 bits per heavy atom. The van der Waals surface area contributed by atoms with Crippen molar-refractivity contribution in [1.82, 2.24) is 19.5 Å². The number of ether oxygens (including phenoxy) is 1. The Morgan fingerprint density at radius 2 is 2.06 bits per heavy atom. The maximum atomic E-state index is 11.7. The summed E-state index contributed by atoms with van der Waals surface area (Å²) in [4.78, 5) is 20.0. The van der Waals surface area contributed by atoms with Crippen molar-refractivity contribution in [2.45, 2.75) is 6.10 Å². The van der Waals surface area contributed by atoms with Gasteiger partial charge in [0.2, 0.25) is 0 Å². The molecule has 33 heavy (non-hydrogen) atoms. The molecule has 0 bridgehead atoms. The Morgan fingerprint density at radius 1 is 1.27 bits per heavy atom. The van der Waals surface area contributed by atoms with Gasteiger partial charge in [0.1, 0.15) is 30.3 Å². The summed E-state index contributed by atoms with van der Waals surface area (Å²) in [5.41, 5.74) is 2.48. The number of piperazine rings is 1. The lowest BCUT2D eigenvalue weighted by atomic mass is 10.1. The molecule has 0 saturated carbocycles. The molecule has 0 aromatic carbocycles. The van der Waals surface area contributed by atoms with Crippen LogP contribution in [0.5, 0.6) is 5.75 Å². The quantitative estimate of drug-likeness (QED) is 0.517. The van der Waals surface area contributed by atoms with Gasteiger partial charge in [-0.15, -0.1) is 6.42 Å². The van der Waals surface area contributed by atoms with Crippen molar-refractivity contribution < 1.29 is 19.7 Å². The van der Waals surface area contributed by atoms with E-state index < -0.39 is 12.7 Å². The average molecular weight is 446 g/mol. The second-order valence-corrected chi connectivity index (χ2v) is 7.53. The number of pyridine rings is 2. The summed E-state index contributed by atoms with van der Waals surface area (Å²) in [5.74, 6) is 3.04. The van der Waals surface area contributed by atoms with E-state index in [0.29, 0.717) is 48.6 Å². The first kappa shape index (κ1) is 22.1. The minimum atomic E-state index is -1.01. The van der Waals surface area contributed by atoms with Gasteiger partial charge in [0.15, 0.2) is 0 Å². The van der Waals surface area contributed by atoms with Crippen LogP contribution in [0.1, 0.15) is 5.56 Å². The van der Waals surface area contributed by atoms with Gasteiger partial charge in [-0.25, -0.2) is 9.50 Å². The number of nitrogens with zero attached hydrogens (tertiary/aromatic N) is 6. The van der Waals surface area contributed by atoms with Crippen LogP contribution < -0.4 is 9.64 Å². The van der Waals surface area contributed by atoms with Crippen LogP contribution in [0.25, 0.3) is 16.6 Å². The number of nitriles is 1. The molecule has 1 fully saturated rings. The van der Waals surface area contributed by atoms with Crippen molar-refractivity contribution in [3.8, 4) is 35.3 Å². The molecule has 0 spiro atoms. The van der Waals surface area contributed by atoms with Crippen LogP contribution in [0, 0.1) is 23.7 Å². The number of aromatic nitrogens is 3. The Kier molecular flexibility index (Phi) is 6.41. The number of amides is 1. The van der Waals surface area contributed by atoms with Crippen molar-refractivity contribution in [3.05, 3.63) is 42.4 Å². The van der Waals surface area contributed by atoms with Gasteiger partial charge in [0.25, 0.3) is 5.91 Å². The fourth-order valence-electron chi connectivity index (χ4n) is 3.69. The largest absolute Gasteiger partial charge is 0.489 e. The van der Waals surface area contributed by atoms with Gasteiger partial charge in [0, 0.05) is 43.5 Å². The van der Waals surface area contributed by atoms with Gasteiger partial charge in [-0.1, -0.05) is 0 Å². The predicted molar refractivity (Wildman–Crippen MR) is 119 cm³/mol. The van der Waals surface area contributed by atoms with E-state index >= 15 is 0 Å². The first-order valence-electron chi connectivity index (χ1n) is 10.3. The van der Waals surface area contributed by atoms with Crippen LogP contribution in [0.3, 0.4) is 0 Å². The molecule has 3 aromatic rings. The van der Waals surface area contributed by atoms with Crippen LogP contribution in [0.2, 0.25) is 0 Å². The number of rotatable bonds is 6. The Hall–Kier alpha value is -4.12. The first-order valence-corrected chi connectivity index (χ1v) is 10.3. The molecule has 3 aromatic heterocycles. The summed E-state index contributed by atoms with van der Waals surface area (Å²) in [5, 5.41) is 32.3. The van der Waals surface area contributed by atoms with Crippen molar-refractivity contribution in [1.29, 1.82) is 5.26 Å². The lowest BCUT2D eigenvalue weighted by Gasteiger charge is -2.34. The third-order valence-electron chi connectivity index (χ3n) is 5.43. The predicted octanol–water partition coefficient (Wildman–Crippen LogP) is 0.282. The van der Waals surface area contributed by atoms with Crippen LogP contribution in [-0.4, -0.2) is 81.1 Å². The van der Waals surface area contributed by atoms with E-state index in [1.54, 1.807) is 27.9 Å². The number of carbonyl (C=O) groups is 1. The van der Waals surface area contributed by atoms with E-state index in [1.807, 2.05) is 12.1 Å². The smallest absolute Gasteiger partial charge is 0.298 e. The normalized spacial score (nSPS) is 14.5. The van der Waals surface area contributed by atoms with E-state index in [2.05, 4.69) is 27.0 Å². The van der Waals surface area contributed by atoms with Crippen LogP contribution >= 0.6 is 0 Å². The molecule has 0 radical (unpaired) electrons. The molecule has 10 nitrogen and oxygen atoms in total. The zero-order valence-corrected chi connectivity index (χ0v) is 17.8. The number of hydrogen-bond acceptors (Lipinski definition) is 8. The molecular formula is C23H22N6O4. The maximum Gasteiger partial charge on any atom is 0.298 e. The molecule has 0 unspecified atom stereocenters. The Bertz CT molecular complexity index is 1230. The van der Waals surface area contributed by atoms with E-state index in [0.717, 1.165) is 11.4 Å². The standard InChI is InChI=1S/C23H22N6O4/c1-2-22(32)28-7-5-27(6-8-28)21-4-3-16(11-25-21)20-9-19(33-15-18(31)14-30)13-29-23(20)17(10-24)12-26-29/h1,3-4,9,11-13,18,30-31H,5-8,14-15H2/t18-/m0/s1. The second kappa shape index (κ2) is 9.57. The topological polar surface area (TPSA) is 127 Å². The number of fused-ring (bicyclic) bond motifs is 1. The van der Waals surface area contributed by atoms with E-state index in [9.17, 15) is 15.2 Å². The first-order chi connectivity index (χ1) is 16.0. The lowest BCUT2D eigenvalue weighted by Crippen LogP contribution is -2.48. The van der Waals surface area contributed by atoms with Crippen molar-refractivity contribution in [2.75, 3.05) is 44.3 Å². The summed E-state index contributed by atoms with van der Waals surface area (Å²) in [6, 6.07) is 7.69. The van der Waals surface area contributed by atoms with Crippen LogP contribution in [-0.2, 0) is 4.79 Å². The number of aliphatic hydroxyl groups is 2. The van der Waals surface area contributed by atoms with Crippen molar-refractivity contribution in [2.24, 2.45) is 0 Å². The molecule has 0 aliphatic carbocycles. The highest BCUT2D eigenvalue weighted by atomic mass is 16.5. The van der Waals surface area contributed by atoms with Crippen LogP contribution in [0.4, 0.5) is 5.82 Å². The molecule has 1 saturated heterocycles. The van der Waals surface area contributed by atoms with E-state index in [1.165, 1.54) is 6.20 Å².